The van der Waals surface area contributed by atoms with E-state index >= 15 is 0 Å². The molecule has 1 aromatic rings. The minimum atomic E-state index is 0. The molecule has 0 amide bonds. The van der Waals surface area contributed by atoms with E-state index in [1.54, 1.807) is 12.3 Å². The number of hydrogen-bond acceptors (Lipinski definition) is 2. The van der Waals surface area contributed by atoms with E-state index in [0.29, 0.717) is 5.82 Å². The van der Waals surface area contributed by atoms with E-state index in [9.17, 15) is 0 Å². The topological polar surface area (TPSA) is 38.9 Å². The SMILES string of the molecule is I.I.Nc1ccc(I)cn1.[Hg+2].[I-].[I-]. The van der Waals surface area contributed by atoms with Crippen LogP contribution in [-0.2, 0) is 27.7 Å². The van der Waals surface area contributed by atoms with Crippen LogP contribution < -0.4 is 53.7 Å². The van der Waals surface area contributed by atoms with Crippen molar-refractivity contribution in [2.45, 2.75) is 0 Å². The molecule has 8 heteroatoms. The van der Waals surface area contributed by atoms with Crippen LogP contribution in [0.25, 0.3) is 0 Å². The van der Waals surface area contributed by atoms with Gasteiger partial charge in [0.2, 0.25) is 0 Å². The molecule has 0 aromatic carbocycles. The van der Waals surface area contributed by atoms with Gasteiger partial charge < -0.3 is 53.7 Å². The van der Waals surface area contributed by atoms with E-state index in [2.05, 4.69) is 27.6 Å². The fourth-order valence-electron chi connectivity index (χ4n) is 0.387. The first-order valence-corrected chi connectivity index (χ1v) is 3.24. The molecule has 0 fully saturated rings. The second-order valence-corrected chi connectivity index (χ2v) is 2.65. The number of rotatable bonds is 0. The van der Waals surface area contributed by atoms with Crippen LogP contribution in [-0.4, -0.2) is 4.98 Å². The Hall–Kier alpha value is 3.54. The van der Waals surface area contributed by atoms with E-state index in [1.807, 2.05) is 6.07 Å². The fraction of sp³-hybridized carbons (Fsp3) is 0. The smallest absolute Gasteiger partial charge is 1.00 e. The summed E-state index contributed by atoms with van der Waals surface area (Å²) in [6, 6.07) is 3.70. The second kappa shape index (κ2) is 17.9. The Bertz CT molecular complexity index is 162. The van der Waals surface area contributed by atoms with Gasteiger partial charge in [0.15, 0.2) is 0 Å². The van der Waals surface area contributed by atoms with Crippen LogP contribution in [0.2, 0.25) is 0 Å². The number of pyridine rings is 1. The summed E-state index contributed by atoms with van der Waals surface area (Å²) >= 11 is 2.18. The normalized spacial score (nSPS) is 5.62. The molecule has 0 saturated heterocycles. The van der Waals surface area contributed by atoms with Crippen molar-refractivity contribution in [3.8, 4) is 0 Å². The first kappa shape index (κ1) is 30.0. The van der Waals surface area contributed by atoms with Crippen LogP contribution in [0.3, 0.4) is 0 Å². The maximum Gasteiger partial charge on any atom is 2.00 e. The number of nitrogens with zero attached hydrogens (tertiary/aromatic N) is 1. The van der Waals surface area contributed by atoms with Crippen LogP contribution in [0.4, 0.5) is 5.82 Å². The van der Waals surface area contributed by atoms with E-state index in [-0.39, 0.29) is 124 Å². The minimum absolute atomic E-state index is 0. The molecule has 1 rings (SSSR count). The zero-order valence-electron chi connectivity index (χ0n) is 6.41. The van der Waals surface area contributed by atoms with Gasteiger partial charge in [0, 0.05) is 9.77 Å². The van der Waals surface area contributed by atoms with Crippen LogP contribution >= 0.6 is 70.5 Å². The third-order valence-electron chi connectivity index (χ3n) is 0.750. The Morgan fingerprint density at radius 2 is 1.62 bits per heavy atom. The average molecular weight is 930 g/mol. The predicted molar refractivity (Wildman–Crippen MR) is 72.2 cm³/mol. The summed E-state index contributed by atoms with van der Waals surface area (Å²) in [5.41, 5.74) is 5.31. The first-order chi connectivity index (χ1) is 3.79. The molecule has 0 bridgehead atoms. The Labute approximate surface area is 180 Å². The molecule has 1 heterocycles. The first-order valence-electron chi connectivity index (χ1n) is 2.16. The Kier molecular flexibility index (Phi) is 41.3. The van der Waals surface area contributed by atoms with Crippen LogP contribution in [0, 0.1) is 3.57 Å². The average Bonchev–Trinajstić information content (AvgIpc) is 1.77. The molecule has 0 aliphatic heterocycles. The molecule has 0 saturated carbocycles. The van der Waals surface area contributed by atoms with Gasteiger partial charge in [-0.3, -0.25) is 0 Å². The number of hydrogen-bond donors (Lipinski definition) is 1. The quantitative estimate of drug-likeness (QED) is 0.217. The number of nitrogens with two attached hydrogens (primary N) is 1. The van der Waals surface area contributed by atoms with E-state index in [1.165, 1.54) is 0 Å². The van der Waals surface area contributed by atoms with Crippen molar-refractivity contribution < 1.29 is 75.6 Å². The van der Waals surface area contributed by atoms with Gasteiger partial charge in [-0.15, -0.1) is 48.0 Å². The molecule has 0 aliphatic carbocycles. The summed E-state index contributed by atoms with van der Waals surface area (Å²) in [5, 5.41) is 0. The number of nitrogen functional groups attached to an aromatic ring is 1. The van der Waals surface area contributed by atoms with Crippen LogP contribution in [0.15, 0.2) is 18.3 Å². The third-order valence-corrected chi connectivity index (χ3v) is 1.39. The molecule has 0 atom stereocenters. The van der Waals surface area contributed by atoms with Crippen molar-refractivity contribution in [3.05, 3.63) is 21.9 Å². The molecule has 1 aromatic heterocycles. The maximum atomic E-state index is 5.31. The van der Waals surface area contributed by atoms with E-state index in [0.717, 1.165) is 3.57 Å². The van der Waals surface area contributed by atoms with Crippen molar-refractivity contribution in [1.29, 1.82) is 0 Å². The van der Waals surface area contributed by atoms with Gasteiger partial charge in [-0.1, -0.05) is 0 Å². The maximum absolute atomic E-state index is 5.31. The summed E-state index contributed by atoms with van der Waals surface area (Å²) in [5.74, 6) is 0.574. The van der Waals surface area contributed by atoms with Gasteiger partial charge in [-0.05, 0) is 34.7 Å². The van der Waals surface area contributed by atoms with Crippen molar-refractivity contribution >= 4 is 76.4 Å². The van der Waals surface area contributed by atoms with Gasteiger partial charge in [0.25, 0.3) is 0 Å². The second-order valence-electron chi connectivity index (χ2n) is 1.40. The summed E-state index contributed by atoms with van der Waals surface area (Å²) in [7, 11) is 0. The molecule has 0 aliphatic rings. The fourth-order valence-corrected chi connectivity index (χ4v) is 0.706. The summed E-state index contributed by atoms with van der Waals surface area (Å²) in [6.07, 6.45) is 1.73. The molecular formula is C5H7HgI5N2. The van der Waals surface area contributed by atoms with Gasteiger partial charge in [0.05, 0.1) is 0 Å². The van der Waals surface area contributed by atoms with Crippen molar-refractivity contribution in [2.24, 2.45) is 0 Å². The summed E-state index contributed by atoms with van der Waals surface area (Å²) in [4.78, 5) is 3.85. The molecule has 0 radical (unpaired) electrons. The monoisotopic (exact) mass is 932 g/mol. The van der Waals surface area contributed by atoms with Crippen molar-refractivity contribution in [3.63, 3.8) is 0 Å². The largest absolute Gasteiger partial charge is 2.00 e. The van der Waals surface area contributed by atoms with Gasteiger partial charge in [-0.2, -0.15) is 0 Å². The molecule has 13 heavy (non-hydrogen) atoms. The van der Waals surface area contributed by atoms with Crippen LogP contribution in [0.1, 0.15) is 0 Å². The Morgan fingerprint density at radius 1 is 1.15 bits per heavy atom. The van der Waals surface area contributed by atoms with Crippen molar-refractivity contribution in [2.75, 3.05) is 5.73 Å². The summed E-state index contributed by atoms with van der Waals surface area (Å²) < 4.78 is 1.11. The molecule has 2 N–H and O–H groups in total. The van der Waals surface area contributed by atoms with Gasteiger partial charge in [-0.25, -0.2) is 4.98 Å². The molecule has 0 spiro atoms. The Balaban J connectivity index is -0.0000000427. The third kappa shape index (κ3) is 15.5. The zero-order valence-corrected chi connectivity index (χ0v) is 23.0. The molecule has 0 unspecified atom stereocenters. The zero-order chi connectivity index (χ0) is 5.98. The minimum Gasteiger partial charge on any atom is -1.00 e. The van der Waals surface area contributed by atoms with Gasteiger partial charge in [0.1, 0.15) is 5.82 Å². The molecular weight excluding hydrogens is 923 g/mol. The van der Waals surface area contributed by atoms with E-state index < -0.39 is 0 Å². The summed E-state index contributed by atoms with van der Waals surface area (Å²) in [6.45, 7) is 0. The van der Waals surface area contributed by atoms with Crippen molar-refractivity contribution in [1.82, 2.24) is 4.98 Å². The predicted octanol–water partition coefficient (Wildman–Crippen LogP) is -3.49. The van der Waals surface area contributed by atoms with Crippen LogP contribution in [0.5, 0.6) is 0 Å². The molecule has 74 valence electrons. The number of aromatic nitrogens is 1. The Morgan fingerprint density at radius 3 is 1.85 bits per heavy atom. The van der Waals surface area contributed by atoms with Gasteiger partial charge >= 0.3 is 27.7 Å². The molecule has 2 nitrogen and oxygen atoms in total. The number of anilines is 1. The standard InChI is InChI=1S/C5H5IN2.Hg.4HI/c6-4-1-2-5(7)8-3-4;;;;;/h1-3H,(H2,7,8);;4*1H/q;+2;;;;/p-2. The van der Waals surface area contributed by atoms with E-state index in [4.69, 9.17) is 5.73 Å². The number of halogens is 5.